The largest absolute Gasteiger partial charge is 0.493 e. The lowest BCUT2D eigenvalue weighted by Gasteiger charge is -2.20. The van der Waals surface area contributed by atoms with E-state index in [1.165, 1.54) is 19.3 Å². The molecule has 1 N–H and O–H groups in total. The summed E-state index contributed by atoms with van der Waals surface area (Å²) in [4.78, 5) is 16.7. The highest BCUT2D eigenvalue weighted by molar-refractivity contribution is 5.91. The number of benzene rings is 2. The predicted molar refractivity (Wildman–Crippen MR) is 121 cm³/mol. The molecular weight excluding hydrogens is 392 g/mol. The second-order valence-electron chi connectivity index (χ2n) is 7.92. The average molecular weight is 421 g/mol. The van der Waals surface area contributed by atoms with Crippen LogP contribution in [0.5, 0.6) is 23.0 Å². The van der Waals surface area contributed by atoms with Crippen molar-refractivity contribution in [3.63, 3.8) is 0 Å². The van der Waals surface area contributed by atoms with E-state index in [-0.39, 0.29) is 5.91 Å². The summed E-state index contributed by atoms with van der Waals surface area (Å²) in [6, 6.07) is 12.9. The van der Waals surface area contributed by atoms with Gasteiger partial charge in [0.2, 0.25) is 5.91 Å². The Balaban J connectivity index is 1.45. The van der Waals surface area contributed by atoms with Crippen LogP contribution in [0.15, 0.2) is 48.7 Å². The van der Waals surface area contributed by atoms with Crippen LogP contribution < -0.4 is 19.5 Å². The van der Waals surface area contributed by atoms with Crippen LogP contribution in [0.4, 0.5) is 5.69 Å². The topological polar surface area (TPSA) is 69.7 Å². The SMILES string of the molecule is COc1cc2nccc(Oc3ccc(NC(=O)CC4CCCCC4)cc3)c2cc1OC. The molecule has 0 spiro atoms. The van der Waals surface area contributed by atoms with Crippen molar-refractivity contribution >= 4 is 22.5 Å². The predicted octanol–water partition coefficient (Wildman–Crippen LogP) is 5.95. The first-order valence-electron chi connectivity index (χ1n) is 10.7. The van der Waals surface area contributed by atoms with Crippen LogP contribution in [0.2, 0.25) is 0 Å². The average Bonchev–Trinajstić information content (AvgIpc) is 2.80. The van der Waals surface area contributed by atoms with Crippen LogP contribution >= 0.6 is 0 Å². The highest BCUT2D eigenvalue weighted by Gasteiger charge is 2.17. The third-order valence-electron chi connectivity index (χ3n) is 5.77. The summed E-state index contributed by atoms with van der Waals surface area (Å²) < 4.78 is 16.9. The molecule has 4 rings (SSSR count). The highest BCUT2D eigenvalue weighted by Crippen LogP contribution is 2.37. The Morgan fingerprint density at radius 2 is 1.68 bits per heavy atom. The first-order chi connectivity index (χ1) is 15.2. The van der Waals surface area contributed by atoms with Crippen molar-refractivity contribution in [1.29, 1.82) is 0 Å². The number of pyridine rings is 1. The van der Waals surface area contributed by atoms with Gasteiger partial charge in [-0.25, -0.2) is 0 Å². The summed E-state index contributed by atoms with van der Waals surface area (Å²) in [6.07, 6.45) is 8.41. The number of aromatic nitrogens is 1. The fourth-order valence-corrected chi connectivity index (χ4v) is 4.14. The molecule has 162 valence electrons. The molecule has 1 heterocycles. The molecule has 0 bridgehead atoms. The number of nitrogens with one attached hydrogen (secondary N) is 1. The first kappa shape index (κ1) is 21.0. The number of anilines is 1. The quantitative estimate of drug-likeness (QED) is 0.511. The standard InChI is InChI=1S/C25H28N2O4/c1-29-23-15-20-21(16-24(23)30-2)26-13-12-22(20)31-19-10-8-18(9-11-19)27-25(28)14-17-6-4-3-5-7-17/h8-13,15-17H,3-7,14H2,1-2H3,(H,27,28). The summed E-state index contributed by atoms with van der Waals surface area (Å²) >= 11 is 0. The number of ether oxygens (including phenoxy) is 3. The van der Waals surface area contributed by atoms with Crippen molar-refractivity contribution in [3.8, 4) is 23.0 Å². The molecule has 6 heteroatoms. The van der Waals surface area contributed by atoms with Gasteiger partial charge >= 0.3 is 0 Å². The minimum Gasteiger partial charge on any atom is -0.493 e. The Hall–Kier alpha value is -3.28. The summed E-state index contributed by atoms with van der Waals surface area (Å²) in [5.41, 5.74) is 1.53. The molecule has 1 aliphatic rings. The molecule has 0 saturated heterocycles. The summed E-state index contributed by atoms with van der Waals surface area (Å²) in [6.45, 7) is 0. The van der Waals surface area contributed by atoms with Gasteiger partial charge in [-0.2, -0.15) is 0 Å². The Morgan fingerprint density at radius 3 is 2.39 bits per heavy atom. The monoisotopic (exact) mass is 420 g/mol. The van der Waals surface area contributed by atoms with Crippen LogP contribution in [0.1, 0.15) is 38.5 Å². The number of carbonyl (C=O) groups is 1. The van der Waals surface area contributed by atoms with Gasteiger partial charge in [-0.3, -0.25) is 9.78 Å². The molecule has 31 heavy (non-hydrogen) atoms. The Bertz CT molecular complexity index is 1040. The number of amides is 1. The first-order valence-corrected chi connectivity index (χ1v) is 10.7. The van der Waals surface area contributed by atoms with Crippen LogP contribution in [0, 0.1) is 5.92 Å². The highest BCUT2D eigenvalue weighted by atomic mass is 16.5. The molecule has 0 atom stereocenters. The van der Waals surface area contributed by atoms with Gasteiger partial charge in [0.05, 0.1) is 19.7 Å². The van der Waals surface area contributed by atoms with Crippen molar-refractivity contribution < 1.29 is 19.0 Å². The fraction of sp³-hybridized carbons (Fsp3) is 0.360. The number of nitrogens with zero attached hydrogens (tertiary/aromatic N) is 1. The van der Waals surface area contributed by atoms with E-state index in [2.05, 4.69) is 10.3 Å². The molecular formula is C25H28N2O4. The van der Waals surface area contributed by atoms with Gasteiger partial charge in [-0.15, -0.1) is 0 Å². The van der Waals surface area contributed by atoms with E-state index < -0.39 is 0 Å². The number of hydrogen-bond donors (Lipinski definition) is 1. The molecule has 0 radical (unpaired) electrons. The third-order valence-corrected chi connectivity index (χ3v) is 5.77. The van der Waals surface area contributed by atoms with Gasteiger partial charge in [-0.05, 0) is 55.2 Å². The molecule has 1 aliphatic carbocycles. The van der Waals surface area contributed by atoms with Gasteiger partial charge in [-0.1, -0.05) is 19.3 Å². The smallest absolute Gasteiger partial charge is 0.224 e. The molecule has 3 aromatic rings. The lowest BCUT2D eigenvalue weighted by atomic mass is 9.87. The van der Waals surface area contributed by atoms with E-state index in [0.717, 1.165) is 29.4 Å². The van der Waals surface area contributed by atoms with Gasteiger partial charge in [0, 0.05) is 29.8 Å². The zero-order chi connectivity index (χ0) is 21.6. The van der Waals surface area contributed by atoms with Crippen LogP contribution in [-0.4, -0.2) is 25.1 Å². The summed E-state index contributed by atoms with van der Waals surface area (Å²) in [5, 5.41) is 3.83. The summed E-state index contributed by atoms with van der Waals surface area (Å²) in [7, 11) is 3.20. The molecule has 6 nitrogen and oxygen atoms in total. The number of methoxy groups -OCH3 is 2. The molecule has 0 unspecified atom stereocenters. The zero-order valence-corrected chi connectivity index (χ0v) is 18.0. The van der Waals surface area contributed by atoms with E-state index in [1.54, 1.807) is 20.4 Å². The maximum Gasteiger partial charge on any atom is 0.224 e. The molecule has 2 aromatic carbocycles. The Morgan fingerprint density at radius 1 is 0.968 bits per heavy atom. The van der Waals surface area contributed by atoms with Gasteiger partial charge in [0.1, 0.15) is 11.5 Å². The number of fused-ring (bicyclic) bond motifs is 1. The van der Waals surface area contributed by atoms with Crippen molar-refractivity contribution in [2.45, 2.75) is 38.5 Å². The lowest BCUT2D eigenvalue weighted by Crippen LogP contribution is -2.18. The van der Waals surface area contributed by atoms with E-state index in [4.69, 9.17) is 14.2 Å². The second kappa shape index (κ2) is 9.69. The molecule has 1 amide bonds. The minimum absolute atomic E-state index is 0.0849. The van der Waals surface area contributed by atoms with E-state index >= 15 is 0 Å². The van der Waals surface area contributed by atoms with Gasteiger partial charge in [0.25, 0.3) is 0 Å². The van der Waals surface area contributed by atoms with Crippen LogP contribution in [0.25, 0.3) is 10.9 Å². The lowest BCUT2D eigenvalue weighted by molar-refractivity contribution is -0.117. The van der Waals surface area contributed by atoms with Crippen molar-refractivity contribution in [2.75, 3.05) is 19.5 Å². The summed E-state index contributed by atoms with van der Waals surface area (Å²) in [5.74, 6) is 3.18. The molecule has 1 fully saturated rings. The minimum atomic E-state index is 0.0849. The zero-order valence-electron chi connectivity index (χ0n) is 18.0. The van der Waals surface area contributed by atoms with E-state index in [9.17, 15) is 4.79 Å². The second-order valence-corrected chi connectivity index (χ2v) is 7.92. The maximum atomic E-state index is 12.3. The number of carbonyl (C=O) groups excluding carboxylic acids is 1. The third kappa shape index (κ3) is 5.08. The molecule has 1 saturated carbocycles. The van der Waals surface area contributed by atoms with E-state index in [1.807, 2.05) is 42.5 Å². The maximum absolute atomic E-state index is 12.3. The van der Waals surface area contributed by atoms with Crippen molar-refractivity contribution in [1.82, 2.24) is 4.98 Å². The molecule has 1 aromatic heterocycles. The van der Waals surface area contributed by atoms with Crippen molar-refractivity contribution in [2.24, 2.45) is 5.92 Å². The van der Waals surface area contributed by atoms with Crippen LogP contribution in [-0.2, 0) is 4.79 Å². The Kier molecular flexibility index (Phi) is 6.55. The fourth-order valence-electron chi connectivity index (χ4n) is 4.14. The molecule has 0 aliphatic heterocycles. The number of hydrogen-bond acceptors (Lipinski definition) is 5. The van der Waals surface area contributed by atoms with E-state index in [0.29, 0.717) is 35.3 Å². The van der Waals surface area contributed by atoms with Gasteiger partial charge in [0.15, 0.2) is 11.5 Å². The number of rotatable bonds is 7. The van der Waals surface area contributed by atoms with Crippen LogP contribution in [0.3, 0.4) is 0 Å². The van der Waals surface area contributed by atoms with Crippen molar-refractivity contribution in [3.05, 3.63) is 48.7 Å². The van der Waals surface area contributed by atoms with Gasteiger partial charge < -0.3 is 19.5 Å². The Labute approximate surface area is 182 Å². The normalized spacial score (nSPS) is 14.3.